The third-order valence-electron chi connectivity index (χ3n) is 3.80. The maximum Gasteiger partial charge on any atom is 0.220 e. The molecular weight excluding hydrogens is 234 g/mol. The van der Waals surface area contributed by atoms with Gasteiger partial charge in [-0.1, -0.05) is 54.6 Å². The molecule has 19 heavy (non-hydrogen) atoms. The highest BCUT2D eigenvalue weighted by molar-refractivity contribution is 5.75. The second kappa shape index (κ2) is 4.88. The molecule has 2 heteroatoms. The number of benzene rings is 2. The molecule has 0 saturated carbocycles. The Morgan fingerprint density at radius 1 is 1.05 bits per heavy atom. The molecule has 1 unspecified atom stereocenters. The first-order chi connectivity index (χ1) is 9.27. The number of carbonyl (C=O) groups is 1. The fourth-order valence-corrected chi connectivity index (χ4v) is 2.90. The van der Waals surface area contributed by atoms with Crippen LogP contribution in [0.15, 0.2) is 54.6 Å². The van der Waals surface area contributed by atoms with Crippen LogP contribution >= 0.6 is 0 Å². The van der Waals surface area contributed by atoms with Crippen LogP contribution < -0.4 is 0 Å². The molecule has 0 saturated heterocycles. The normalized spacial score (nSPS) is 17.9. The Balaban J connectivity index is 2.13. The number of carbonyl (C=O) groups excluding carboxylic acids is 1. The summed E-state index contributed by atoms with van der Waals surface area (Å²) in [7, 11) is 0. The van der Waals surface area contributed by atoms with Crippen LogP contribution in [0.1, 0.15) is 29.7 Å². The van der Waals surface area contributed by atoms with Crippen molar-refractivity contribution in [2.75, 3.05) is 6.54 Å². The van der Waals surface area contributed by atoms with Gasteiger partial charge in [-0.25, -0.2) is 0 Å². The second-order valence-corrected chi connectivity index (χ2v) is 4.97. The first-order valence-electron chi connectivity index (χ1n) is 6.67. The topological polar surface area (TPSA) is 20.3 Å². The lowest BCUT2D eigenvalue weighted by Gasteiger charge is -2.37. The van der Waals surface area contributed by atoms with Gasteiger partial charge in [0.15, 0.2) is 0 Å². The van der Waals surface area contributed by atoms with Gasteiger partial charge >= 0.3 is 0 Å². The van der Waals surface area contributed by atoms with Gasteiger partial charge in [-0.3, -0.25) is 4.79 Å². The van der Waals surface area contributed by atoms with Crippen LogP contribution in [0, 0.1) is 0 Å². The van der Waals surface area contributed by atoms with Crippen molar-refractivity contribution in [1.29, 1.82) is 0 Å². The van der Waals surface area contributed by atoms with Crippen LogP contribution in [0.3, 0.4) is 0 Å². The van der Waals surface area contributed by atoms with E-state index in [1.54, 1.807) is 6.92 Å². The quantitative estimate of drug-likeness (QED) is 0.762. The average Bonchev–Trinajstić information content (AvgIpc) is 2.46. The molecular formula is C17H17NO. The zero-order valence-corrected chi connectivity index (χ0v) is 11.0. The summed E-state index contributed by atoms with van der Waals surface area (Å²) in [6.07, 6.45) is 0.944. The number of hydrogen-bond donors (Lipinski definition) is 0. The molecule has 2 nitrogen and oxygen atoms in total. The molecule has 0 bridgehead atoms. The van der Waals surface area contributed by atoms with Crippen LogP contribution in [-0.4, -0.2) is 17.4 Å². The van der Waals surface area contributed by atoms with Gasteiger partial charge in [-0.2, -0.15) is 0 Å². The van der Waals surface area contributed by atoms with Crippen molar-refractivity contribution >= 4 is 5.91 Å². The highest BCUT2D eigenvalue weighted by Crippen LogP contribution is 2.34. The van der Waals surface area contributed by atoms with Crippen molar-refractivity contribution in [3.05, 3.63) is 71.3 Å². The van der Waals surface area contributed by atoms with Gasteiger partial charge in [0.1, 0.15) is 0 Å². The van der Waals surface area contributed by atoms with Gasteiger partial charge in [0.05, 0.1) is 6.04 Å². The van der Waals surface area contributed by atoms with Crippen molar-refractivity contribution in [2.45, 2.75) is 19.4 Å². The van der Waals surface area contributed by atoms with E-state index in [0.717, 1.165) is 13.0 Å². The van der Waals surface area contributed by atoms with Crippen molar-refractivity contribution in [3.63, 3.8) is 0 Å². The molecule has 0 fully saturated rings. The van der Waals surface area contributed by atoms with E-state index in [0.29, 0.717) is 0 Å². The van der Waals surface area contributed by atoms with E-state index in [1.807, 2.05) is 23.1 Å². The molecule has 1 amide bonds. The van der Waals surface area contributed by atoms with E-state index in [1.165, 1.54) is 16.7 Å². The molecule has 1 aliphatic rings. The summed E-state index contributed by atoms with van der Waals surface area (Å²) in [6.45, 7) is 2.45. The first-order valence-corrected chi connectivity index (χ1v) is 6.67. The summed E-state index contributed by atoms with van der Waals surface area (Å²) < 4.78 is 0. The number of hydrogen-bond acceptors (Lipinski definition) is 1. The predicted octanol–water partition coefficient (Wildman–Crippen LogP) is 3.18. The Morgan fingerprint density at radius 2 is 1.74 bits per heavy atom. The lowest BCUT2D eigenvalue weighted by Crippen LogP contribution is -2.39. The minimum Gasteiger partial charge on any atom is -0.331 e. The van der Waals surface area contributed by atoms with Crippen molar-refractivity contribution in [3.8, 4) is 0 Å². The number of nitrogens with zero attached hydrogens (tertiary/aromatic N) is 1. The minimum absolute atomic E-state index is 0.0589. The summed E-state index contributed by atoms with van der Waals surface area (Å²) in [5.74, 6) is 0.142. The van der Waals surface area contributed by atoms with Crippen molar-refractivity contribution in [2.24, 2.45) is 0 Å². The molecule has 0 aliphatic carbocycles. The lowest BCUT2D eigenvalue weighted by atomic mass is 9.88. The first kappa shape index (κ1) is 12.0. The predicted molar refractivity (Wildman–Crippen MR) is 75.8 cm³/mol. The van der Waals surface area contributed by atoms with Crippen LogP contribution in [0.4, 0.5) is 0 Å². The fourth-order valence-electron chi connectivity index (χ4n) is 2.90. The minimum atomic E-state index is 0.0589. The Hall–Kier alpha value is -2.09. The van der Waals surface area contributed by atoms with E-state index >= 15 is 0 Å². The van der Waals surface area contributed by atoms with E-state index in [2.05, 4.69) is 36.4 Å². The summed E-state index contributed by atoms with van der Waals surface area (Å²) in [4.78, 5) is 13.9. The zero-order valence-electron chi connectivity index (χ0n) is 11.0. The van der Waals surface area contributed by atoms with E-state index in [-0.39, 0.29) is 11.9 Å². The Labute approximate surface area is 113 Å². The average molecular weight is 251 g/mol. The summed E-state index contributed by atoms with van der Waals surface area (Å²) in [5, 5.41) is 0. The van der Waals surface area contributed by atoms with Gasteiger partial charge in [0, 0.05) is 13.5 Å². The molecule has 1 heterocycles. The van der Waals surface area contributed by atoms with Crippen LogP contribution in [-0.2, 0) is 11.2 Å². The zero-order chi connectivity index (χ0) is 13.2. The molecule has 0 spiro atoms. The van der Waals surface area contributed by atoms with Gasteiger partial charge in [-0.05, 0) is 23.1 Å². The second-order valence-electron chi connectivity index (χ2n) is 4.97. The molecule has 0 N–H and O–H groups in total. The summed E-state index contributed by atoms with van der Waals surface area (Å²) >= 11 is 0. The van der Waals surface area contributed by atoms with Gasteiger partial charge in [0.25, 0.3) is 0 Å². The molecule has 1 aliphatic heterocycles. The van der Waals surface area contributed by atoms with Crippen LogP contribution in [0.2, 0.25) is 0 Å². The SMILES string of the molecule is CC(=O)N1CCc2ccccc2C1c1ccccc1. The molecule has 2 aromatic rings. The molecule has 3 rings (SSSR count). The van der Waals surface area contributed by atoms with Crippen molar-refractivity contribution < 1.29 is 4.79 Å². The monoisotopic (exact) mass is 251 g/mol. The summed E-state index contributed by atoms with van der Waals surface area (Å²) in [6, 6.07) is 18.8. The Morgan fingerprint density at radius 3 is 2.47 bits per heavy atom. The standard InChI is InChI=1S/C17H17NO/c1-13(19)18-12-11-14-7-5-6-10-16(14)17(18)15-8-3-2-4-9-15/h2-10,17H,11-12H2,1H3. The van der Waals surface area contributed by atoms with Gasteiger partial charge in [0.2, 0.25) is 5.91 Å². The molecule has 0 radical (unpaired) electrons. The van der Waals surface area contributed by atoms with E-state index in [4.69, 9.17) is 0 Å². The number of fused-ring (bicyclic) bond motifs is 1. The lowest BCUT2D eigenvalue weighted by molar-refractivity contribution is -0.130. The van der Waals surface area contributed by atoms with Gasteiger partial charge in [-0.15, -0.1) is 0 Å². The Bertz CT molecular complexity index is 591. The third-order valence-corrected chi connectivity index (χ3v) is 3.80. The van der Waals surface area contributed by atoms with Crippen LogP contribution in [0.25, 0.3) is 0 Å². The van der Waals surface area contributed by atoms with Crippen molar-refractivity contribution in [1.82, 2.24) is 4.90 Å². The molecule has 2 aromatic carbocycles. The highest BCUT2D eigenvalue weighted by atomic mass is 16.2. The largest absolute Gasteiger partial charge is 0.331 e. The highest BCUT2D eigenvalue weighted by Gasteiger charge is 2.29. The Kier molecular flexibility index (Phi) is 3.08. The molecule has 0 aromatic heterocycles. The summed E-state index contributed by atoms with van der Waals surface area (Å²) in [5.41, 5.74) is 3.80. The fraction of sp³-hybridized carbons (Fsp3) is 0.235. The molecule has 1 atom stereocenters. The maximum absolute atomic E-state index is 11.9. The van der Waals surface area contributed by atoms with Crippen LogP contribution in [0.5, 0.6) is 0 Å². The maximum atomic E-state index is 11.9. The molecule has 96 valence electrons. The van der Waals surface area contributed by atoms with E-state index in [9.17, 15) is 4.79 Å². The van der Waals surface area contributed by atoms with E-state index < -0.39 is 0 Å². The van der Waals surface area contributed by atoms with Gasteiger partial charge < -0.3 is 4.90 Å². The third kappa shape index (κ3) is 2.14. The smallest absolute Gasteiger partial charge is 0.220 e. The number of amides is 1. The number of rotatable bonds is 1.